The van der Waals surface area contributed by atoms with Crippen LogP contribution < -0.4 is 0 Å². The second kappa shape index (κ2) is 8.03. The Labute approximate surface area is 199 Å². The Morgan fingerprint density at radius 2 is 1.41 bits per heavy atom. The lowest BCUT2D eigenvalue weighted by Crippen LogP contribution is -2.03. The van der Waals surface area contributed by atoms with Gasteiger partial charge in [0, 0.05) is 40.5 Å². The van der Waals surface area contributed by atoms with Crippen LogP contribution in [0.3, 0.4) is 0 Å². The molecule has 0 atom stereocenters. The van der Waals surface area contributed by atoms with E-state index >= 15 is 0 Å². The van der Waals surface area contributed by atoms with Gasteiger partial charge in [-0.3, -0.25) is 0 Å². The summed E-state index contributed by atoms with van der Waals surface area (Å²) in [7, 11) is 0. The van der Waals surface area contributed by atoms with Crippen molar-refractivity contribution in [3.8, 4) is 28.2 Å². The van der Waals surface area contributed by atoms with Gasteiger partial charge in [-0.05, 0) is 73.9 Å². The van der Waals surface area contributed by atoms with E-state index in [4.69, 9.17) is 0 Å². The minimum atomic E-state index is 0.369. The number of imidazole rings is 1. The minimum Gasteiger partial charge on any atom is -0.328 e. The Bertz CT molecular complexity index is 1630. The number of para-hydroxylation sites is 1. The molecule has 0 aliphatic carbocycles. The average Bonchev–Trinajstić information content (AvgIpc) is 3.48. The Balaban J connectivity index is 1.55. The number of benzene rings is 4. The molecule has 6 aromatic rings. The molecule has 0 spiro atoms. The van der Waals surface area contributed by atoms with Gasteiger partial charge in [0.05, 0.1) is 11.0 Å². The summed E-state index contributed by atoms with van der Waals surface area (Å²) in [5, 5.41) is 2.55. The van der Waals surface area contributed by atoms with Crippen molar-refractivity contribution in [1.29, 1.82) is 0 Å². The molecule has 2 aromatic heterocycles. The minimum absolute atomic E-state index is 0.369. The lowest BCUT2D eigenvalue weighted by molar-refractivity contribution is 0.606. The quantitative estimate of drug-likeness (QED) is 0.270. The number of hydrogen-bond donors (Lipinski definition) is 0. The van der Waals surface area contributed by atoms with Crippen LogP contribution in [0.15, 0.2) is 103 Å². The van der Waals surface area contributed by atoms with E-state index in [-0.39, 0.29) is 0 Å². The van der Waals surface area contributed by atoms with Gasteiger partial charge in [0.15, 0.2) is 0 Å². The number of hydrogen-bond acceptors (Lipinski definition) is 1. The second-order valence-electron chi connectivity index (χ2n) is 9.20. The van der Waals surface area contributed by atoms with E-state index in [1.807, 2.05) is 6.20 Å². The average molecular weight is 442 g/mol. The van der Waals surface area contributed by atoms with Crippen LogP contribution in [-0.2, 0) is 0 Å². The molecule has 0 unspecified atom stereocenters. The summed E-state index contributed by atoms with van der Waals surface area (Å²) in [6.07, 6.45) is 3.94. The van der Waals surface area contributed by atoms with Gasteiger partial charge < -0.3 is 9.13 Å². The van der Waals surface area contributed by atoms with E-state index in [9.17, 15) is 0 Å². The van der Waals surface area contributed by atoms with Crippen molar-refractivity contribution < 1.29 is 0 Å². The normalized spacial score (nSPS) is 11.6. The molecular formula is C31H27N3. The fourth-order valence-electron chi connectivity index (χ4n) is 5.04. The van der Waals surface area contributed by atoms with Gasteiger partial charge in [0.1, 0.15) is 5.82 Å². The molecule has 3 heteroatoms. The SMILES string of the molecule is Cc1cc(-c2nccn2C(C)C)ccc1-n1c2ccccc2c2cc(-c3ccccc3)ccc21. The first kappa shape index (κ1) is 20.5. The molecule has 166 valence electrons. The summed E-state index contributed by atoms with van der Waals surface area (Å²) >= 11 is 0. The first-order valence-electron chi connectivity index (χ1n) is 11.8. The van der Waals surface area contributed by atoms with Crippen molar-refractivity contribution in [3.05, 3.63) is 109 Å². The third kappa shape index (κ3) is 3.24. The highest BCUT2D eigenvalue weighted by Gasteiger charge is 2.16. The molecule has 34 heavy (non-hydrogen) atoms. The summed E-state index contributed by atoms with van der Waals surface area (Å²) in [6, 6.07) is 33.2. The van der Waals surface area contributed by atoms with Gasteiger partial charge in [-0.25, -0.2) is 4.98 Å². The lowest BCUT2D eigenvalue weighted by atomic mass is 10.0. The molecule has 2 heterocycles. The van der Waals surface area contributed by atoms with E-state index in [0.29, 0.717) is 6.04 Å². The highest BCUT2D eigenvalue weighted by molar-refractivity contribution is 6.10. The molecule has 0 bridgehead atoms. The molecule has 0 amide bonds. The van der Waals surface area contributed by atoms with Gasteiger partial charge in [-0.15, -0.1) is 0 Å². The third-order valence-corrected chi connectivity index (χ3v) is 6.70. The van der Waals surface area contributed by atoms with Crippen LogP contribution in [0, 0.1) is 6.92 Å². The molecule has 0 saturated heterocycles. The zero-order chi connectivity index (χ0) is 23.2. The number of rotatable bonds is 4. The Morgan fingerprint density at radius 3 is 2.21 bits per heavy atom. The van der Waals surface area contributed by atoms with Gasteiger partial charge in [-0.2, -0.15) is 0 Å². The standard InChI is InChI=1S/C31H27N3/c1-21(2)33-18-17-32-31(33)25-14-15-28(22(3)19-25)34-29-12-8-7-11-26(29)27-20-24(13-16-30(27)34)23-9-5-4-6-10-23/h4-21H,1-3H3. The van der Waals surface area contributed by atoms with Gasteiger partial charge in [-0.1, -0.05) is 54.6 Å². The summed E-state index contributed by atoms with van der Waals surface area (Å²) in [6.45, 7) is 6.57. The molecular weight excluding hydrogens is 414 g/mol. The first-order chi connectivity index (χ1) is 16.6. The Morgan fingerprint density at radius 1 is 0.676 bits per heavy atom. The zero-order valence-corrected chi connectivity index (χ0v) is 19.7. The highest BCUT2D eigenvalue weighted by Crippen LogP contribution is 2.36. The summed E-state index contributed by atoms with van der Waals surface area (Å²) in [5.41, 5.74) is 8.50. The molecule has 0 fully saturated rings. The number of aryl methyl sites for hydroxylation is 1. The lowest BCUT2D eigenvalue weighted by Gasteiger charge is -2.15. The molecule has 0 radical (unpaired) electrons. The third-order valence-electron chi connectivity index (χ3n) is 6.70. The molecule has 0 N–H and O–H groups in total. The summed E-state index contributed by atoms with van der Waals surface area (Å²) in [4.78, 5) is 4.64. The van der Waals surface area contributed by atoms with Crippen LogP contribution in [0.25, 0.3) is 50.0 Å². The predicted molar refractivity (Wildman–Crippen MR) is 143 cm³/mol. The number of aromatic nitrogens is 3. The van der Waals surface area contributed by atoms with Gasteiger partial charge in [0.2, 0.25) is 0 Å². The number of fused-ring (bicyclic) bond motifs is 3. The zero-order valence-electron chi connectivity index (χ0n) is 19.7. The highest BCUT2D eigenvalue weighted by atomic mass is 15.1. The van der Waals surface area contributed by atoms with Crippen molar-refractivity contribution in [2.24, 2.45) is 0 Å². The van der Waals surface area contributed by atoms with Crippen molar-refractivity contribution in [1.82, 2.24) is 14.1 Å². The molecule has 6 rings (SSSR count). The fraction of sp³-hybridized carbons (Fsp3) is 0.129. The van der Waals surface area contributed by atoms with Crippen molar-refractivity contribution >= 4 is 21.8 Å². The van der Waals surface area contributed by atoms with E-state index in [0.717, 1.165) is 11.4 Å². The first-order valence-corrected chi connectivity index (χ1v) is 11.8. The Kier molecular flexibility index (Phi) is 4.84. The van der Waals surface area contributed by atoms with Crippen LogP contribution in [0.2, 0.25) is 0 Å². The van der Waals surface area contributed by atoms with Crippen molar-refractivity contribution in [2.75, 3.05) is 0 Å². The molecule has 0 aliphatic rings. The van der Waals surface area contributed by atoms with Crippen molar-refractivity contribution in [3.63, 3.8) is 0 Å². The largest absolute Gasteiger partial charge is 0.328 e. The predicted octanol–water partition coefficient (Wildman–Crippen LogP) is 8.20. The van der Waals surface area contributed by atoms with Gasteiger partial charge >= 0.3 is 0 Å². The van der Waals surface area contributed by atoms with Crippen LogP contribution in [0.4, 0.5) is 0 Å². The monoisotopic (exact) mass is 441 g/mol. The van der Waals surface area contributed by atoms with E-state index in [2.05, 4.69) is 132 Å². The van der Waals surface area contributed by atoms with Gasteiger partial charge in [0.25, 0.3) is 0 Å². The summed E-state index contributed by atoms with van der Waals surface area (Å²) in [5.74, 6) is 1.01. The van der Waals surface area contributed by atoms with Crippen LogP contribution >= 0.6 is 0 Å². The van der Waals surface area contributed by atoms with E-state index in [1.165, 1.54) is 44.2 Å². The van der Waals surface area contributed by atoms with Crippen molar-refractivity contribution in [2.45, 2.75) is 26.8 Å². The Hall–Kier alpha value is -4.11. The molecule has 0 aliphatic heterocycles. The fourth-order valence-corrected chi connectivity index (χ4v) is 5.04. The van der Waals surface area contributed by atoms with E-state index in [1.54, 1.807) is 0 Å². The molecule has 0 saturated carbocycles. The topological polar surface area (TPSA) is 22.8 Å². The summed E-state index contributed by atoms with van der Waals surface area (Å²) < 4.78 is 4.62. The van der Waals surface area contributed by atoms with Crippen LogP contribution in [0.1, 0.15) is 25.5 Å². The molecule has 3 nitrogen and oxygen atoms in total. The van der Waals surface area contributed by atoms with E-state index < -0.39 is 0 Å². The number of nitrogens with zero attached hydrogens (tertiary/aromatic N) is 3. The van der Waals surface area contributed by atoms with Crippen LogP contribution in [0.5, 0.6) is 0 Å². The maximum Gasteiger partial charge on any atom is 0.140 e. The maximum absolute atomic E-state index is 4.64. The molecule has 4 aromatic carbocycles. The second-order valence-corrected chi connectivity index (χ2v) is 9.20. The maximum atomic E-state index is 4.64. The smallest absolute Gasteiger partial charge is 0.140 e. The van der Waals surface area contributed by atoms with Crippen LogP contribution in [-0.4, -0.2) is 14.1 Å².